The molecule has 4 rings (SSSR count). The molecule has 0 saturated carbocycles. The molecule has 21 heavy (non-hydrogen) atoms. The Kier molecular flexibility index (Phi) is 2.64. The summed E-state index contributed by atoms with van der Waals surface area (Å²) >= 11 is 0. The van der Waals surface area contributed by atoms with E-state index in [4.69, 9.17) is 4.74 Å². The molecule has 1 atom stereocenters. The Labute approximate surface area is 123 Å². The average Bonchev–Trinajstić information content (AvgIpc) is 2.75. The Morgan fingerprint density at radius 3 is 2.95 bits per heavy atom. The second-order valence-corrected chi connectivity index (χ2v) is 5.46. The minimum Gasteiger partial charge on any atom is -0.504 e. The minimum absolute atomic E-state index is 0.135. The number of nitrogens with zero attached hydrogens (tertiary/aromatic N) is 2. The number of hydrogen-bond donors (Lipinski definition) is 1. The quantitative estimate of drug-likeness (QED) is 0.873. The number of aromatic hydroxyl groups is 1. The van der Waals surface area contributed by atoms with Crippen LogP contribution in [-0.2, 0) is 13.0 Å². The Morgan fingerprint density at radius 1 is 1.24 bits per heavy atom. The third-order valence-corrected chi connectivity index (χ3v) is 4.24. The maximum Gasteiger partial charge on any atom is 0.160 e. The predicted octanol–water partition coefficient (Wildman–Crippen LogP) is 3.05. The lowest BCUT2D eigenvalue weighted by Gasteiger charge is -2.23. The SMILES string of the molecule is COc1cc2c(cc1O)N=C[C@@H]1Cc3ccccc3N1C2. The molecule has 0 spiro atoms. The van der Waals surface area contributed by atoms with Crippen molar-refractivity contribution in [2.45, 2.75) is 19.0 Å². The van der Waals surface area contributed by atoms with Gasteiger partial charge in [-0.15, -0.1) is 0 Å². The molecule has 0 saturated heterocycles. The number of para-hydroxylation sites is 1. The first-order valence-corrected chi connectivity index (χ1v) is 7.05. The van der Waals surface area contributed by atoms with E-state index in [9.17, 15) is 5.11 Å². The van der Waals surface area contributed by atoms with E-state index in [0.29, 0.717) is 5.75 Å². The third kappa shape index (κ3) is 1.87. The van der Waals surface area contributed by atoms with Crippen molar-refractivity contribution < 1.29 is 9.84 Å². The highest BCUT2D eigenvalue weighted by Gasteiger charge is 2.30. The summed E-state index contributed by atoms with van der Waals surface area (Å²) in [6.07, 6.45) is 2.97. The first-order chi connectivity index (χ1) is 10.3. The highest BCUT2D eigenvalue weighted by Crippen LogP contribution is 2.40. The van der Waals surface area contributed by atoms with E-state index in [-0.39, 0.29) is 11.8 Å². The number of rotatable bonds is 1. The lowest BCUT2D eigenvalue weighted by molar-refractivity contribution is 0.373. The third-order valence-electron chi connectivity index (χ3n) is 4.24. The van der Waals surface area contributed by atoms with Gasteiger partial charge in [0.1, 0.15) is 0 Å². The summed E-state index contributed by atoms with van der Waals surface area (Å²) in [6, 6.07) is 12.3. The van der Waals surface area contributed by atoms with Crippen molar-refractivity contribution in [1.82, 2.24) is 0 Å². The number of phenolic OH excluding ortho intramolecular Hbond substituents is 1. The number of methoxy groups -OCH3 is 1. The summed E-state index contributed by atoms with van der Waals surface area (Å²) in [5, 5.41) is 9.91. The van der Waals surface area contributed by atoms with Gasteiger partial charge < -0.3 is 14.7 Å². The van der Waals surface area contributed by atoms with Crippen molar-refractivity contribution in [2.75, 3.05) is 12.0 Å². The summed E-state index contributed by atoms with van der Waals surface area (Å²) < 4.78 is 5.21. The Hall–Kier alpha value is -2.49. The fraction of sp³-hybridized carbons (Fsp3) is 0.235. The van der Waals surface area contributed by atoms with E-state index >= 15 is 0 Å². The number of aliphatic imine (C=N–C) groups is 1. The monoisotopic (exact) mass is 280 g/mol. The standard InChI is InChI=1S/C17H16N2O2/c1-21-17-7-12-10-19-13(9-18-14(12)8-16(17)20)6-11-4-2-3-5-15(11)19/h2-5,7-9,13,20H,6,10H2,1H3/t13-/m0/s1. The van der Waals surface area contributed by atoms with Gasteiger partial charge in [-0.1, -0.05) is 18.2 Å². The Morgan fingerprint density at radius 2 is 2.10 bits per heavy atom. The molecule has 1 N–H and O–H groups in total. The molecular formula is C17H16N2O2. The van der Waals surface area contributed by atoms with E-state index < -0.39 is 0 Å². The normalized spacial score (nSPS) is 18.7. The molecule has 2 aromatic carbocycles. The van der Waals surface area contributed by atoms with Crippen LogP contribution in [0.2, 0.25) is 0 Å². The molecule has 0 aliphatic carbocycles. The van der Waals surface area contributed by atoms with Crippen LogP contribution < -0.4 is 9.64 Å². The average molecular weight is 280 g/mol. The van der Waals surface area contributed by atoms with E-state index in [1.165, 1.54) is 11.3 Å². The topological polar surface area (TPSA) is 45.1 Å². The molecule has 2 heterocycles. The molecule has 2 aromatic rings. The molecule has 0 aromatic heterocycles. The van der Waals surface area contributed by atoms with Crippen molar-refractivity contribution in [3.05, 3.63) is 47.5 Å². The first-order valence-electron chi connectivity index (χ1n) is 7.05. The molecule has 0 radical (unpaired) electrons. The number of fused-ring (bicyclic) bond motifs is 4. The van der Waals surface area contributed by atoms with Gasteiger partial charge in [0.15, 0.2) is 11.5 Å². The van der Waals surface area contributed by atoms with Crippen molar-refractivity contribution in [3.8, 4) is 11.5 Å². The first kappa shape index (κ1) is 12.3. The van der Waals surface area contributed by atoms with Crippen LogP contribution in [0.3, 0.4) is 0 Å². The van der Waals surface area contributed by atoms with Gasteiger partial charge in [-0.25, -0.2) is 0 Å². The van der Waals surface area contributed by atoms with Gasteiger partial charge in [-0.05, 0) is 24.1 Å². The van der Waals surface area contributed by atoms with Gasteiger partial charge in [0, 0.05) is 30.1 Å². The van der Waals surface area contributed by atoms with Gasteiger partial charge in [-0.2, -0.15) is 0 Å². The molecule has 2 aliphatic heterocycles. The predicted molar refractivity (Wildman–Crippen MR) is 82.9 cm³/mol. The molecule has 0 bridgehead atoms. The largest absolute Gasteiger partial charge is 0.504 e. The van der Waals surface area contributed by atoms with E-state index in [1.807, 2.05) is 12.3 Å². The zero-order valence-corrected chi connectivity index (χ0v) is 11.8. The molecule has 4 heteroatoms. The second kappa shape index (κ2) is 4.52. The summed E-state index contributed by atoms with van der Waals surface area (Å²) in [6.45, 7) is 0.771. The number of phenols is 1. The Bertz CT molecular complexity index is 740. The van der Waals surface area contributed by atoms with Crippen LogP contribution in [-0.4, -0.2) is 24.5 Å². The number of ether oxygens (including phenoxy) is 1. The van der Waals surface area contributed by atoms with Crippen molar-refractivity contribution in [2.24, 2.45) is 4.99 Å². The van der Waals surface area contributed by atoms with Crippen LogP contribution in [0.5, 0.6) is 11.5 Å². The zero-order chi connectivity index (χ0) is 14.4. The lowest BCUT2D eigenvalue weighted by atomic mass is 10.1. The van der Waals surface area contributed by atoms with Crippen molar-refractivity contribution in [3.63, 3.8) is 0 Å². The van der Waals surface area contributed by atoms with Crippen LogP contribution in [0.4, 0.5) is 11.4 Å². The van der Waals surface area contributed by atoms with Crippen LogP contribution in [0.15, 0.2) is 41.4 Å². The van der Waals surface area contributed by atoms with Gasteiger partial charge >= 0.3 is 0 Å². The van der Waals surface area contributed by atoms with Crippen molar-refractivity contribution >= 4 is 17.6 Å². The lowest BCUT2D eigenvalue weighted by Crippen LogP contribution is -2.31. The molecule has 0 fully saturated rings. The maximum absolute atomic E-state index is 9.91. The number of hydrogen-bond acceptors (Lipinski definition) is 4. The van der Waals surface area contributed by atoms with Crippen LogP contribution >= 0.6 is 0 Å². The van der Waals surface area contributed by atoms with Crippen LogP contribution in [0.1, 0.15) is 11.1 Å². The zero-order valence-electron chi connectivity index (χ0n) is 11.8. The summed E-state index contributed by atoms with van der Waals surface area (Å²) in [4.78, 5) is 6.93. The fourth-order valence-electron chi connectivity index (χ4n) is 3.17. The summed E-state index contributed by atoms with van der Waals surface area (Å²) in [7, 11) is 1.56. The van der Waals surface area contributed by atoms with E-state index in [0.717, 1.165) is 24.2 Å². The smallest absolute Gasteiger partial charge is 0.160 e. The van der Waals surface area contributed by atoms with Gasteiger partial charge in [0.2, 0.25) is 0 Å². The molecule has 2 aliphatic rings. The van der Waals surface area contributed by atoms with Gasteiger partial charge in [0.05, 0.1) is 18.8 Å². The molecule has 0 amide bonds. The Balaban J connectivity index is 1.80. The summed E-state index contributed by atoms with van der Waals surface area (Å²) in [5.74, 6) is 0.630. The summed E-state index contributed by atoms with van der Waals surface area (Å²) in [5.41, 5.74) is 4.53. The fourth-order valence-corrected chi connectivity index (χ4v) is 3.17. The highest BCUT2D eigenvalue weighted by molar-refractivity contribution is 5.81. The van der Waals surface area contributed by atoms with Gasteiger partial charge in [0.25, 0.3) is 0 Å². The molecule has 106 valence electrons. The maximum atomic E-state index is 9.91. The molecule has 4 nitrogen and oxygen atoms in total. The van der Waals surface area contributed by atoms with E-state index in [2.05, 4.69) is 34.2 Å². The molecule has 0 unspecified atom stereocenters. The van der Waals surface area contributed by atoms with Crippen molar-refractivity contribution in [1.29, 1.82) is 0 Å². The minimum atomic E-state index is 0.135. The number of benzene rings is 2. The highest BCUT2D eigenvalue weighted by atomic mass is 16.5. The second-order valence-electron chi connectivity index (χ2n) is 5.46. The molecular weight excluding hydrogens is 264 g/mol. The number of anilines is 1. The van der Waals surface area contributed by atoms with E-state index in [1.54, 1.807) is 13.2 Å². The van der Waals surface area contributed by atoms with Gasteiger partial charge in [-0.3, -0.25) is 4.99 Å². The van der Waals surface area contributed by atoms with Crippen LogP contribution in [0.25, 0.3) is 0 Å². The van der Waals surface area contributed by atoms with Crippen LogP contribution in [0, 0.1) is 0 Å².